The highest BCUT2D eigenvalue weighted by atomic mass is 19.4. The Hall–Kier alpha value is -1.64. The van der Waals surface area contributed by atoms with Gasteiger partial charge in [0.15, 0.2) is 6.29 Å². The SMILES string of the molecule is CC1=CCC(C2OCC(C)CO2)=CC(NC(=O)CC(F)(F)F)=C1.CO. The van der Waals surface area contributed by atoms with Gasteiger partial charge in [0.05, 0.1) is 13.2 Å². The summed E-state index contributed by atoms with van der Waals surface area (Å²) in [5.41, 5.74) is 1.93. The van der Waals surface area contributed by atoms with Crippen LogP contribution in [-0.4, -0.2) is 43.8 Å². The molecular weight excluding hydrogens is 339 g/mol. The lowest BCUT2D eigenvalue weighted by Crippen LogP contribution is -2.32. The largest absolute Gasteiger partial charge is 0.400 e. The topological polar surface area (TPSA) is 67.8 Å². The molecule has 1 fully saturated rings. The zero-order valence-corrected chi connectivity index (χ0v) is 14.5. The van der Waals surface area contributed by atoms with Gasteiger partial charge in [-0.05, 0) is 31.1 Å². The molecule has 0 unspecified atom stereocenters. The Morgan fingerprint density at radius 1 is 1.28 bits per heavy atom. The molecule has 0 radical (unpaired) electrons. The predicted molar refractivity (Wildman–Crippen MR) is 86.4 cm³/mol. The van der Waals surface area contributed by atoms with Gasteiger partial charge in [0, 0.05) is 18.7 Å². The maximum Gasteiger partial charge on any atom is 0.397 e. The molecule has 0 spiro atoms. The maximum absolute atomic E-state index is 12.3. The average molecular weight is 363 g/mol. The Balaban J connectivity index is 0.00000151. The van der Waals surface area contributed by atoms with Crippen molar-refractivity contribution in [1.29, 1.82) is 0 Å². The van der Waals surface area contributed by atoms with Gasteiger partial charge in [0.1, 0.15) is 6.42 Å². The molecule has 0 aromatic heterocycles. The van der Waals surface area contributed by atoms with Gasteiger partial charge in [-0.25, -0.2) is 0 Å². The van der Waals surface area contributed by atoms with Crippen LogP contribution < -0.4 is 5.32 Å². The van der Waals surface area contributed by atoms with E-state index in [-0.39, 0.29) is 0 Å². The van der Waals surface area contributed by atoms with E-state index >= 15 is 0 Å². The van der Waals surface area contributed by atoms with Crippen LogP contribution in [0, 0.1) is 5.92 Å². The van der Waals surface area contributed by atoms with Crippen molar-refractivity contribution in [1.82, 2.24) is 5.32 Å². The third-order valence-electron chi connectivity index (χ3n) is 3.40. The first-order valence-electron chi connectivity index (χ1n) is 7.86. The van der Waals surface area contributed by atoms with Crippen LogP contribution in [0.2, 0.25) is 0 Å². The Labute approximate surface area is 145 Å². The Morgan fingerprint density at radius 2 is 1.88 bits per heavy atom. The molecule has 1 aliphatic heterocycles. The third kappa shape index (κ3) is 7.85. The highest BCUT2D eigenvalue weighted by Crippen LogP contribution is 2.25. The van der Waals surface area contributed by atoms with Crippen molar-refractivity contribution >= 4 is 5.91 Å². The van der Waals surface area contributed by atoms with E-state index in [0.29, 0.717) is 31.2 Å². The lowest BCUT2D eigenvalue weighted by Gasteiger charge is -2.29. The lowest BCUT2D eigenvalue weighted by molar-refractivity contribution is -0.177. The van der Waals surface area contributed by atoms with Crippen LogP contribution in [0.1, 0.15) is 26.7 Å². The van der Waals surface area contributed by atoms with E-state index in [4.69, 9.17) is 14.6 Å². The summed E-state index contributed by atoms with van der Waals surface area (Å²) in [4.78, 5) is 11.5. The summed E-state index contributed by atoms with van der Waals surface area (Å²) < 4.78 is 48.1. The number of allylic oxidation sites excluding steroid dienone is 4. The van der Waals surface area contributed by atoms with E-state index in [2.05, 4.69) is 5.32 Å². The van der Waals surface area contributed by atoms with E-state index in [1.807, 2.05) is 19.9 Å². The lowest BCUT2D eigenvalue weighted by atomic mass is 10.1. The number of alkyl halides is 3. The average Bonchev–Trinajstić information content (AvgIpc) is 2.69. The third-order valence-corrected chi connectivity index (χ3v) is 3.40. The maximum atomic E-state index is 12.3. The monoisotopic (exact) mass is 363 g/mol. The number of amides is 1. The van der Waals surface area contributed by atoms with Gasteiger partial charge in [-0.15, -0.1) is 0 Å². The molecular formula is C17H24F3NO4. The number of carbonyl (C=O) groups excluding carboxylic acids is 1. The van der Waals surface area contributed by atoms with E-state index in [1.54, 1.807) is 12.2 Å². The van der Waals surface area contributed by atoms with Crippen molar-refractivity contribution in [2.75, 3.05) is 20.3 Å². The Bertz CT molecular complexity index is 545. The summed E-state index contributed by atoms with van der Waals surface area (Å²) in [6, 6.07) is 0. The standard InChI is InChI=1S/C16H20F3NO3.CH4O/c1-10-3-4-12(15-22-8-11(2)9-23-15)6-13(5-10)20-14(21)7-16(17,18)19;1-2/h3,5-6,11,15H,4,7-9H2,1-2H3,(H,20,21);2H,1H3. The highest BCUT2D eigenvalue weighted by molar-refractivity contribution is 5.79. The number of carbonyl (C=O) groups is 1. The number of ether oxygens (including phenoxy) is 2. The number of aliphatic hydroxyl groups is 1. The molecule has 2 N–H and O–H groups in total. The van der Waals surface area contributed by atoms with E-state index < -0.39 is 24.8 Å². The molecule has 0 aromatic carbocycles. The van der Waals surface area contributed by atoms with Crippen molar-refractivity contribution in [2.24, 2.45) is 5.92 Å². The number of nitrogens with one attached hydrogen (secondary N) is 1. The van der Waals surface area contributed by atoms with Crippen LogP contribution in [0.5, 0.6) is 0 Å². The summed E-state index contributed by atoms with van der Waals surface area (Å²) in [5.74, 6) is -0.787. The number of halogens is 3. The van der Waals surface area contributed by atoms with Gasteiger partial charge in [-0.3, -0.25) is 4.79 Å². The minimum atomic E-state index is -4.53. The zero-order chi connectivity index (χ0) is 19.0. The fourth-order valence-corrected chi connectivity index (χ4v) is 2.32. The summed E-state index contributed by atoms with van der Waals surface area (Å²) in [7, 11) is 1.00. The molecule has 1 heterocycles. The smallest absolute Gasteiger partial charge is 0.397 e. The fraction of sp³-hybridized carbons (Fsp3) is 0.588. The molecule has 1 saturated heterocycles. The van der Waals surface area contributed by atoms with Gasteiger partial charge in [-0.2, -0.15) is 13.2 Å². The summed E-state index contributed by atoms with van der Waals surface area (Å²) >= 11 is 0. The van der Waals surface area contributed by atoms with Crippen molar-refractivity contribution in [2.45, 2.75) is 39.2 Å². The molecule has 2 rings (SSSR count). The molecule has 0 aromatic rings. The fourth-order valence-electron chi connectivity index (χ4n) is 2.32. The molecule has 142 valence electrons. The first kappa shape index (κ1) is 21.4. The van der Waals surface area contributed by atoms with Crippen molar-refractivity contribution in [3.63, 3.8) is 0 Å². The van der Waals surface area contributed by atoms with Crippen molar-refractivity contribution in [3.8, 4) is 0 Å². The molecule has 8 heteroatoms. The minimum absolute atomic E-state index is 0.302. The van der Waals surface area contributed by atoms with Gasteiger partial charge >= 0.3 is 6.18 Å². The minimum Gasteiger partial charge on any atom is -0.400 e. The molecule has 0 atom stereocenters. The molecule has 0 saturated carbocycles. The zero-order valence-electron chi connectivity index (χ0n) is 14.5. The van der Waals surface area contributed by atoms with Crippen molar-refractivity contribution in [3.05, 3.63) is 35.1 Å². The highest BCUT2D eigenvalue weighted by Gasteiger charge is 2.31. The van der Waals surface area contributed by atoms with E-state index in [0.717, 1.165) is 18.3 Å². The molecule has 1 amide bonds. The second kappa shape index (κ2) is 9.74. The first-order chi connectivity index (χ1) is 11.7. The molecule has 5 nitrogen and oxygen atoms in total. The van der Waals surface area contributed by atoms with Crippen LogP contribution in [0.15, 0.2) is 35.1 Å². The number of hydrogen-bond donors (Lipinski definition) is 2. The van der Waals surface area contributed by atoms with Gasteiger partial charge < -0.3 is 19.9 Å². The second-order valence-electron chi connectivity index (χ2n) is 5.92. The molecule has 0 bridgehead atoms. The summed E-state index contributed by atoms with van der Waals surface area (Å²) in [5, 5.41) is 9.30. The van der Waals surface area contributed by atoms with Gasteiger partial charge in [-0.1, -0.05) is 18.6 Å². The second-order valence-corrected chi connectivity index (χ2v) is 5.92. The molecule has 25 heavy (non-hydrogen) atoms. The van der Waals surface area contributed by atoms with Crippen LogP contribution in [0.4, 0.5) is 13.2 Å². The summed E-state index contributed by atoms with van der Waals surface area (Å²) in [6.45, 7) is 4.94. The van der Waals surface area contributed by atoms with Gasteiger partial charge in [0.2, 0.25) is 5.91 Å². The van der Waals surface area contributed by atoms with Gasteiger partial charge in [0.25, 0.3) is 0 Å². The van der Waals surface area contributed by atoms with E-state index in [9.17, 15) is 18.0 Å². The Kier molecular flexibility index (Phi) is 8.34. The van der Waals surface area contributed by atoms with Crippen LogP contribution >= 0.6 is 0 Å². The molecule has 2 aliphatic rings. The number of aliphatic hydroxyl groups excluding tert-OH is 1. The van der Waals surface area contributed by atoms with Crippen LogP contribution in [-0.2, 0) is 14.3 Å². The number of hydrogen-bond acceptors (Lipinski definition) is 4. The van der Waals surface area contributed by atoms with Crippen LogP contribution in [0.3, 0.4) is 0 Å². The Morgan fingerprint density at radius 3 is 2.44 bits per heavy atom. The van der Waals surface area contributed by atoms with Crippen LogP contribution in [0.25, 0.3) is 0 Å². The van der Waals surface area contributed by atoms with E-state index in [1.165, 1.54) is 0 Å². The van der Waals surface area contributed by atoms with Crippen molar-refractivity contribution < 1.29 is 32.5 Å². The molecule has 1 aliphatic carbocycles. The summed E-state index contributed by atoms with van der Waals surface area (Å²) in [6.07, 6.45) is -0.840. The quantitative estimate of drug-likeness (QED) is 0.809. The number of rotatable bonds is 3. The first-order valence-corrected chi connectivity index (χ1v) is 7.86. The predicted octanol–water partition coefficient (Wildman–Crippen LogP) is 2.83. The normalized spacial score (nSPS) is 24.0.